The number of carbonyl (C=O) groups excluding carboxylic acids is 1. The molecule has 2 atom stereocenters. The zero-order chi connectivity index (χ0) is 47.7. The molecule has 0 unspecified atom stereocenters. The Hall–Kier alpha value is -5.85. The quantitative estimate of drug-likeness (QED) is 0.0558. The van der Waals surface area contributed by atoms with Crippen LogP contribution in [0.5, 0.6) is 17.2 Å². The molecule has 10 rings (SSSR count). The summed E-state index contributed by atoms with van der Waals surface area (Å²) in [5.41, 5.74) is 2.08. The van der Waals surface area contributed by atoms with Crippen LogP contribution in [0.25, 0.3) is 11.0 Å². The smallest absolute Gasteiger partial charge is 0.297 e. The van der Waals surface area contributed by atoms with Gasteiger partial charge >= 0.3 is 0 Å². The number of piperidine rings is 1. The second kappa shape index (κ2) is 17.6. The number of nitro groups is 1. The first-order valence-electron chi connectivity index (χ1n) is 23.7. The highest BCUT2D eigenvalue weighted by molar-refractivity contribution is 7.90. The Bertz CT molecular complexity index is 2880. The number of rotatable bonds is 11. The average molecular weight is 954 g/mol. The average Bonchev–Trinajstić information content (AvgIpc) is 3.93. The molecule has 2 aliphatic carbocycles. The van der Waals surface area contributed by atoms with Crippen molar-refractivity contribution in [3.8, 4) is 17.2 Å². The summed E-state index contributed by atoms with van der Waals surface area (Å²) in [5.74, 6) is -3.20. The molecule has 68 heavy (non-hydrogen) atoms. The molecule has 2 aromatic heterocycles. The lowest BCUT2D eigenvalue weighted by Gasteiger charge is -2.56. The van der Waals surface area contributed by atoms with E-state index in [1.807, 2.05) is 4.72 Å². The standard InChI is InChI=1S/C50H57F2N7O8S/c1-29(2)34-7-4-5-8-35(34)40-9-6-18-58(40)32-25-50(26-32)16-19-57(20-17-50)31-10-11-36(42(21-31)67-44-24-37-38(51)27-53-47(37)55-46(44)52)48(60)56-68(64,65)33-22-41(59(62)63)45-43(23-33)66-28-39(54-45)30-12-14-49(3,61)15-13-30/h4-5,7-8,10-11,21-24,27,29-30,32,39-40,54,61H,6,9,12-20,25-26,28H2,1-3H3,(H,53,55)(H,56,60)/t30-,39-,40+,49-/m1/s1. The lowest BCUT2D eigenvalue weighted by atomic mass is 9.59. The Morgan fingerprint density at radius 2 is 1.76 bits per heavy atom. The molecule has 0 bridgehead atoms. The van der Waals surface area contributed by atoms with E-state index in [2.05, 4.69) is 63.2 Å². The highest BCUT2D eigenvalue weighted by atomic mass is 32.2. The lowest BCUT2D eigenvalue weighted by molar-refractivity contribution is -0.384. The molecule has 5 aliphatic rings. The summed E-state index contributed by atoms with van der Waals surface area (Å²) < 4.78 is 72.0. The Morgan fingerprint density at radius 1 is 1.01 bits per heavy atom. The third-order valence-corrected chi connectivity index (χ3v) is 16.8. The molecule has 1 amide bonds. The van der Waals surface area contributed by atoms with Gasteiger partial charge in [-0.2, -0.15) is 9.37 Å². The molecular formula is C50H57F2N7O8S. The highest BCUT2D eigenvalue weighted by Crippen LogP contribution is 2.54. The molecule has 2 saturated heterocycles. The number of likely N-dealkylation sites (tertiary alicyclic amines) is 1. The molecule has 5 aromatic rings. The number of anilines is 2. The molecule has 4 fully saturated rings. The van der Waals surface area contributed by atoms with Crippen LogP contribution in [0.4, 0.5) is 25.8 Å². The maximum absolute atomic E-state index is 15.5. The van der Waals surface area contributed by atoms with Crippen molar-refractivity contribution in [2.75, 3.05) is 36.5 Å². The van der Waals surface area contributed by atoms with E-state index in [4.69, 9.17) is 9.47 Å². The first-order valence-corrected chi connectivity index (χ1v) is 25.2. The number of ether oxygens (including phenoxy) is 2. The van der Waals surface area contributed by atoms with Gasteiger partial charge < -0.3 is 29.8 Å². The van der Waals surface area contributed by atoms with Crippen LogP contribution in [0, 0.1) is 33.2 Å². The van der Waals surface area contributed by atoms with Crippen LogP contribution >= 0.6 is 0 Å². The van der Waals surface area contributed by atoms with Crippen LogP contribution in [-0.4, -0.2) is 83.1 Å². The fraction of sp³-hybridized carbons (Fsp3) is 0.480. The third-order valence-electron chi connectivity index (χ3n) is 15.4. The minimum atomic E-state index is -4.79. The van der Waals surface area contributed by atoms with Crippen LogP contribution in [0.2, 0.25) is 0 Å². The molecule has 5 heterocycles. The Morgan fingerprint density at radius 3 is 2.50 bits per heavy atom. The van der Waals surface area contributed by atoms with Gasteiger partial charge in [0.2, 0.25) is 0 Å². The molecule has 15 nitrogen and oxygen atoms in total. The Kier molecular flexibility index (Phi) is 11.9. The molecule has 18 heteroatoms. The molecule has 4 N–H and O–H groups in total. The molecule has 3 aliphatic heterocycles. The summed E-state index contributed by atoms with van der Waals surface area (Å²) >= 11 is 0. The van der Waals surface area contributed by atoms with E-state index in [-0.39, 0.29) is 57.8 Å². The summed E-state index contributed by atoms with van der Waals surface area (Å²) in [7, 11) is -4.79. The predicted octanol–water partition coefficient (Wildman–Crippen LogP) is 9.48. The zero-order valence-corrected chi connectivity index (χ0v) is 39.2. The first kappa shape index (κ1) is 45.9. The van der Waals surface area contributed by atoms with Gasteiger partial charge in [0.25, 0.3) is 27.6 Å². The number of sulfonamides is 1. The number of nitrogens with one attached hydrogen (secondary N) is 3. The van der Waals surface area contributed by atoms with E-state index in [0.29, 0.717) is 62.5 Å². The monoisotopic (exact) mass is 953 g/mol. The Balaban J connectivity index is 0.874. The summed E-state index contributed by atoms with van der Waals surface area (Å²) in [6.07, 6.45) is 10.00. The maximum Gasteiger partial charge on any atom is 0.297 e. The number of H-pyrrole nitrogens is 1. The van der Waals surface area contributed by atoms with Crippen molar-refractivity contribution in [3.05, 3.63) is 105 Å². The molecular weight excluding hydrogens is 897 g/mol. The topological polar surface area (TPSA) is 192 Å². The normalized spacial score (nSPS) is 24.0. The summed E-state index contributed by atoms with van der Waals surface area (Å²) in [6, 6.07) is 17.2. The summed E-state index contributed by atoms with van der Waals surface area (Å²) in [6.45, 7) is 8.92. The van der Waals surface area contributed by atoms with E-state index in [9.17, 15) is 32.8 Å². The van der Waals surface area contributed by atoms with E-state index in [1.54, 1.807) is 13.0 Å². The van der Waals surface area contributed by atoms with Crippen molar-refractivity contribution >= 4 is 44.0 Å². The third kappa shape index (κ3) is 8.74. The van der Waals surface area contributed by atoms with Gasteiger partial charge in [0.1, 0.15) is 23.8 Å². The number of aliphatic hydroxyl groups is 1. The van der Waals surface area contributed by atoms with Gasteiger partial charge in [-0.15, -0.1) is 0 Å². The molecule has 3 aromatic carbocycles. The SMILES string of the molecule is CC(C)c1ccccc1[C@@H]1CCCN1C1CC2(CCN(c3ccc(C(=O)NS(=O)(=O)c4cc5c(c([N+](=O)[O-])c4)N[C@@H]([C@H]4CC[C@](C)(O)CC4)CO5)c(Oc4cc5c(F)c[nH]c5nc4F)c3)CC2)C1. The zero-order valence-electron chi connectivity index (χ0n) is 38.4. The van der Waals surface area contributed by atoms with E-state index < -0.39 is 54.6 Å². The summed E-state index contributed by atoms with van der Waals surface area (Å²) in [4.78, 5) is 36.4. The van der Waals surface area contributed by atoms with Crippen molar-refractivity contribution < 1.29 is 41.5 Å². The number of fused-ring (bicyclic) bond motifs is 2. The predicted molar refractivity (Wildman–Crippen MR) is 252 cm³/mol. The van der Waals surface area contributed by atoms with Gasteiger partial charge in [-0.05, 0) is 124 Å². The van der Waals surface area contributed by atoms with Crippen molar-refractivity contribution in [1.29, 1.82) is 0 Å². The molecule has 360 valence electrons. The number of aromatic nitrogens is 2. The van der Waals surface area contributed by atoms with Gasteiger partial charge in [-0.25, -0.2) is 17.5 Å². The van der Waals surface area contributed by atoms with Crippen LogP contribution in [0.15, 0.2) is 71.8 Å². The van der Waals surface area contributed by atoms with Gasteiger partial charge in [0.05, 0.1) is 32.4 Å². The van der Waals surface area contributed by atoms with Gasteiger partial charge in [0, 0.05) is 55.3 Å². The Labute approximate surface area is 393 Å². The van der Waals surface area contributed by atoms with E-state index in [1.165, 1.54) is 29.7 Å². The molecule has 1 spiro atoms. The minimum Gasteiger partial charge on any atom is -0.489 e. The fourth-order valence-electron chi connectivity index (χ4n) is 11.6. The largest absolute Gasteiger partial charge is 0.489 e. The van der Waals surface area contributed by atoms with Crippen molar-refractivity contribution in [2.24, 2.45) is 11.3 Å². The van der Waals surface area contributed by atoms with Gasteiger partial charge in [0.15, 0.2) is 17.2 Å². The van der Waals surface area contributed by atoms with Gasteiger partial charge in [-0.1, -0.05) is 38.1 Å². The number of amides is 1. The number of nitro benzene ring substituents is 1. The van der Waals surface area contributed by atoms with E-state index in [0.717, 1.165) is 63.0 Å². The van der Waals surface area contributed by atoms with Crippen LogP contribution in [0.1, 0.15) is 118 Å². The van der Waals surface area contributed by atoms with Crippen LogP contribution < -0.4 is 24.4 Å². The van der Waals surface area contributed by atoms with Crippen molar-refractivity contribution in [2.45, 2.75) is 120 Å². The van der Waals surface area contributed by atoms with Crippen molar-refractivity contribution in [3.63, 3.8) is 0 Å². The number of nitrogens with zero attached hydrogens (tertiary/aromatic N) is 4. The lowest BCUT2D eigenvalue weighted by Crippen LogP contribution is -2.54. The number of hydrogen-bond acceptors (Lipinski definition) is 12. The van der Waals surface area contributed by atoms with Crippen LogP contribution in [0.3, 0.4) is 0 Å². The maximum atomic E-state index is 15.5. The fourth-order valence-corrected chi connectivity index (χ4v) is 12.6. The summed E-state index contributed by atoms with van der Waals surface area (Å²) in [5, 5.41) is 26.0. The highest BCUT2D eigenvalue weighted by Gasteiger charge is 2.50. The number of carbonyl (C=O) groups is 1. The van der Waals surface area contributed by atoms with Gasteiger partial charge in [-0.3, -0.25) is 19.8 Å². The second-order valence-corrected chi connectivity index (χ2v) is 21.9. The molecule has 2 saturated carbocycles. The van der Waals surface area contributed by atoms with Crippen molar-refractivity contribution in [1.82, 2.24) is 19.6 Å². The number of hydrogen-bond donors (Lipinski definition) is 4. The second-order valence-electron chi connectivity index (χ2n) is 20.2. The minimum absolute atomic E-state index is 0.0239. The number of pyridine rings is 1. The first-order chi connectivity index (χ1) is 32.5. The van der Waals surface area contributed by atoms with Crippen LogP contribution in [-0.2, 0) is 10.0 Å². The number of benzene rings is 3. The molecule has 0 radical (unpaired) electrons. The van der Waals surface area contributed by atoms with E-state index >= 15 is 4.39 Å². The number of halogens is 2. The number of aromatic amines is 1.